The molecule has 2 heterocycles. The van der Waals surface area contributed by atoms with Crippen molar-refractivity contribution >= 4 is 41.6 Å². The molecule has 1 unspecified atom stereocenters. The Morgan fingerprint density at radius 2 is 1.62 bits per heavy atom. The van der Waals surface area contributed by atoms with E-state index in [1.165, 1.54) is 6.42 Å². The summed E-state index contributed by atoms with van der Waals surface area (Å²) in [5, 5.41) is 10.0. The molecular weight excluding hydrogens is 394 g/mol. The van der Waals surface area contributed by atoms with Gasteiger partial charge in [-0.2, -0.15) is 0 Å². The Kier molecular flexibility index (Phi) is 14.5. The third-order valence-corrected chi connectivity index (χ3v) is 3.82. The Morgan fingerprint density at radius 3 is 2.07 bits per heavy atom. The molecule has 8 nitrogen and oxygen atoms in total. The fourth-order valence-electron chi connectivity index (χ4n) is 2.63. The van der Waals surface area contributed by atoms with E-state index < -0.39 is 0 Å². The van der Waals surface area contributed by atoms with Gasteiger partial charge in [0.1, 0.15) is 12.7 Å². The molecule has 29 heavy (non-hydrogen) atoms. The van der Waals surface area contributed by atoms with E-state index in [2.05, 4.69) is 37.3 Å². The average molecular weight is 428 g/mol. The van der Waals surface area contributed by atoms with Gasteiger partial charge < -0.3 is 19.9 Å². The van der Waals surface area contributed by atoms with Crippen LogP contribution in [0, 0.1) is 0 Å². The number of carbonyl (C=O) groups excluding carboxylic acids is 2. The van der Waals surface area contributed by atoms with Gasteiger partial charge in [0, 0.05) is 18.5 Å². The van der Waals surface area contributed by atoms with Gasteiger partial charge in [-0.1, -0.05) is 32.5 Å². The predicted octanol–water partition coefficient (Wildman–Crippen LogP) is 3.22. The number of carbonyl (C=O) groups is 2. The summed E-state index contributed by atoms with van der Waals surface area (Å²) >= 11 is 3.83. The Balaban J connectivity index is 0.00000100. The Labute approximate surface area is 178 Å². The molecule has 2 saturated heterocycles. The first-order valence-corrected chi connectivity index (χ1v) is 10.1. The molecule has 0 spiro atoms. The summed E-state index contributed by atoms with van der Waals surface area (Å²) in [4.78, 5) is 26.7. The number of amides is 2. The maximum absolute atomic E-state index is 11.9. The number of thiocarbonyl (C=S) groups is 1. The quantitative estimate of drug-likeness (QED) is 0.697. The van der Waals surface area contributed by atoms with Crippen molar-refractivity contribution in [3.63, 3.8) is 0 Å². The number of aliphatic hydroxyl groups is 1. The van der Waals surface area contributed by atoms with Crippen LogP contribution in [0.15, 0.2) is 24.3 Å². The van der Waals surface area contributed by atoms with Crippen molar-refractivity contribution in [3.05, 3.63) is 24.3 Å². The fraction of sp³-hybridized carbons (Fsp3) is 0.550. The highest BCUT2D eigenvalue weighted by Gasteiger charge is 2.32. The molecule has 2 aliphatic rings. The molecule has 0 saturated carbocycles. The monoisotopic (exact) mass is 427 g/mol. The van der Waals surface area contributed by atoms with Crippen molar-refractivity contribution in [2.24, 2.45) is 0 Å². The molecule has 2 fully saturated rings. The molecule has 2 aliphatic heterocycles. The molecule has 164 valence electrons. The number of anilines is 2. The lowest BCUT2D eigenvalue weighted by Gasteiger charge is -2.16. The number of hydrogen-bond acceptors (Lipinski definition) is 7. The average Bonchev–Trinajstić information content (AvgIpc) is 3.35. The van der Waals surface area contributed by atoms with E-state index in [1.54, 1.807) is 9.80 Å². The number of benzene rings is 1. The van der Waals surface area contributed by atoms with Crippen molar-refractivity contribution in [2.75, 3.05) is 50.2 Å². The maximum Gasteiger partial charge on any atom is 0.414 e. The second kappa shape index (κ2) is 15.7. The Bertz CT molecular complexity index is 600. The predicted molar refractivity (Wildman–Crippen MR) is 120 cm³/mol. The summed E-state index contributed by atoms with van der Waals surface area (Å²) in [7, 11) is 2.87. The van der Waals surface area contributed by atoms with E-state index in [0.29, 0.717) is 19.7 Å². The van der Waals surface area contributed by atoms with Crippen LogP contribution in [0.1, 0.15) is 26.7 Å². The van der Waals surface area contributed by atoms with Crippen molar-refractivity contribution in [3.8, 4) is 0 Å². The van der Waals surface area contributed by atoms with Crippen molar-refractivity contribution < 1.29 is 24.2 Å². The van der Waals surface area contributed by atoms with Gasteiger partial charge in [-0.3, -0.25) is 9.80 Å². The SMILES string of the molecule is C=S.CCC.CNCCC1CN(c2ccc(N3CCOC3=O)cc2)C(=O)O1.CO. The molecule has 0 aromatic heterocycles. The van der Waals surface area contributed by atoms with Crippen LogP contribution in [0.4, 0.5) is 21.0 Å². The summed E-state index contributed by atoms with van der Waals surface area (Å²) in [6.07, 6.45) is 1.29. The highest BCUT2D eigenvalue weighted by molar-refractivity contribution is 7.77. The minimum Gasteiger partial charge on any atom is -0.447 e. The van der Waals surface area contributed by atoms with Gasteiger partial charge in [0.25, 0.3) is 0 Å². The summed E-state index contributed by atoms with van der Waals surface area (Å²) < 4.78 is 10.3. The second-order valence-electron chi connectivity index (χ2n) is 6.00. The van der Waals surface area contributed by atoms with E-state index in [1.807, 2.05) is 31.3 Å². The molecule has 2 amide bonds. The largest absolute Gasteiger partial charge is 0.447 e. The number of hydrogen-bond donors (Lipinski definition) is 2. The highest BCUT2D eigenvalue weighted by Crippen LogP contribution is 2.26. The lowest BCUT2D eigenvalue weighted by atomic mass is 10.2. The van der Waals surface area contributed by atoms with Crippen LogP contribution >= 0.6 is 12.2 Å². The summed E-state index contributed by atoms with van der Waals surface area (Å²) in [6, 6.07) is 7.28. The molecule has 3 rings (SSSR count). The minimum atomic E-state index is -0.333. The number of nitrogens with one attached hydrogen (secondary N) is 1. The molecule has 2 N–H and O–H groups in total. The standard InChI is InChI=1S/C15H19N3O4.C3H8.CH4O.CH2S/c1-16-7-6-13-10-18(15(20)22-13)12-4-2-11(3-5-12)17-8-9-21-14(17)19;1-3-2;2*1-2/h2-5,13,16H,6-10H2,1H3;3H2,1-2H3;2H,1H3;1H2. The number of rotatable bonds is 5. The van der Waals surface area contributed by atoms with Crippen LogP contribution < -0.4 is 15.1 Å². The van der Waals surface area contributed by atoms with Gasteiger partial charge in [0.05, 0.1) is 13.1 Å². The van der Waals surface area contributed by atoms with Gasteiger partial charge in [0.2, 0.25) is 0 Å². The summed E-state index contributed by atoms with van der Waals surface area (Å²) in [5.41, 5.74) is 1.54. The number of nitrogens with zero attached hydrogens (tertiary/aromatic N) is 2. The van der Waals surface area contributed by atoms with Crippen molar-refractivity contribution in [1.29, 1.82) is 0 Å². The first-order chi connectivity index (χ1) is 14.1. The molecular formula is C20H33N3O5S. The number of cyclic esters (lactones) is 2. The van der Waals surface area contributed by atoms with Crippen LogP contribution in [-0.4, -0.2) is 69.7 Å². The van der Waals surface area contributed by atoms with E-state index >= 15 is 0 Å². The van der Waals surface area contributed by atoms with Crippen LogP contribution in [-0.2, 0) is 9.47 Å². The molecule has 0 bridgehead atoms. The molecule has 1 atom stereocenters. The molecule has 0 aliphatic carbocycles. The lowest BCUT2D eigenvalue weighted by Crippen LogP contribution is -2.26. The zero-order valence-corrected chi connectivity index (χ0v) is 18.5. The smallest absolute Gasteiger partial charge is 0.414 e. The third-order valence-electron chi connectivity index (χ3n) is 3.82. The van der Waals surface area contributed by atoms with Crippen LogP contribution in [0.5, 0.6) is 0 Å². The van der Waals surface area contributed by atoms with Crippen LogP contribution in [0.2, 0.25) is 0 Å². The lowest BCUT2D eigenvalue weighted by molar-refractivity contribution is 0.137. The summed E-state index contributed by atoms with van der Waals surface area (Å²) in [6.45, 7) is 6.57. The van der Waals surface area contributed by atoms with E-state index in [9.17, 15) is 9.59 Å². The normalized spacial score (nSPS) is 17.1. The number of aliphatic hydroxyl groups excluding tert-OH is 1. The van der Waals surface area contributed by atoms with Gasteiger partial charge >= 0.3 is 12.2 Å². The first-order valence-electron chi connectivity index (χ1n) is 9.51. The topological polar surface area (TPSA) is 91.3 Å². The van der Waals surface area contributed by atoms with Crippen LogP contribution in [0.3, 0.4) is 0 Å². The summed E-state index contributed by atoms with van der Waals surface area (Å²) in [5.74, 6) is 2.83. The minimum absolute atomic E-state index is 0.0896. The van der Waals surface area contributed by atoms with Crippen molar-refractivity contribution in [2.45, 2.75) is 32.8 Å². The fourth-order valence-corrected chi connectivity index (χ4v) is 2.63. The molecule has 0 radical (unpaired) electrons. The first kappa shape index (κ1) is 26.8. The molecule has 9 heteroatoms. The zero-order chi connectivity index (χ0) is 22.2. The second-order valence-corrected chi connectivity index (χ2v) is 6.00. The van der Waals surface area contributed by atoms with Crippen LogP contribution in [0.25, 0.3) is 0 Å². The van der Waals surface area contributed by atoms with Gasteiger partial charge in [0.15, 0.2) is 0 Å². The van der Waals surface area contributed by atoms with E-state index in [0.717, 1.165) is 31.5 Å². The zero-order valence-electron chi connectivity index (χ0n) is 17.7. The maximum atomic E-state index is 11.9. The molecule has 1 aromatic carbocycles. The van der Waals surface area contributed by atoms with Crippen molar-refractivity contribution in [1.82, 2.24) is 5.32 Å². The molecule has 1 aromatic rings. The van der Waals surface area contributed by atoms with Gasteiger partial charge in [-0.05, 0) is 50.1 Å². The highest BCUT2D eigenvalue weighted by atomic mass is 32.1. The van der Waals surface area contributed by atoms with E-state index in [4.69, 9.17) is 14.6 Å². The van der Waals surface area contributed by atoms with E-state index in [-0.39, 0.29) is 18.3 Å². The Hall–Kier alpha value is -2.23. The Morgan fingerprint density at radius 1 is 1.10 bits per heavy atom. The third kappa shape index (κ3) is 8.35. The van der Waals surface area contributed by atoms with Gasteiger partial charge in [-0.25, -0.2) is 9.59 Å². The van der Waals surface area contributed by atoms with Gasteiger partial charge in [-0.15, -0.1) is 0 Å². The number of ether oxygens (including phenoxy) is 2.